The van der Waals surface area contributed by atoms with Crippen LogP contribution in [0.25, 0.3) is 0 Å². The summed E-state index contributed by atoms with van der Waals surface area (Å²) in [6.07, 6.45) is 0. The summed E-state index contributed by atoms with van der Waals surface area (Å²) >= 11 is 15.6. The molecule has 3 nitrogen and oxygen atoms in total. The SMILES string of the molecule is O=C1COc2ccc(Cl)cc2N1Cc1ccc(Br)cc1Cl. The van der Waals surface area contributed by atoms with E-state index in [0.29, 0.717) is 28.0 Å². The predicted octanol–water partition coefficient (Wildman–Crippen LogP) is 4.68. The summed E-state index contributed by atoms with van der Waals surface area (Å²) in [5.41, 5.74) is 1.53. The number of fused-ring (bicyclic) bond motifs is 1. The van der Waals surface area contributed by atoms with Crippen molar-refractivity contribution < 1.29 is 9.53 Å². The van der Waals surface area contributed by atoms with Crippen molar-refractivity contribution in [3.8, 4) is 5.75 Å². The highest BCUT2D eigenvalue weighted by Crippen LogP contribution is 2.36. The monoisotopic (exact) mass is 385 g/mol. The summed E-state index contributed by atoms with van der Waals surface area (Å²) in [4.78, 5) is 13.8. The molecular weight excluding hydrogens is 377 g/mol. The van der Waals surface area contributed by atoms with Crippen LogP contribution < -0.4 is 9.64 Å². The fourth-order valence-electron chi connectivity index (χ4n) is 2.17. The topological polar surface area (TPSA) is 29.5 Å². The lowest BCUT2D eigenvalue weighted by molar-refractivity contribution is -0.121. The van der Waals surface area contributed by atoms with Gasteiger partial charge in [0.25, 0.3) is 5.91 Å². The third-order valence-electron chi connectivity index (χ3n) is 3.21. The van der Waals surface area contributed by atoms with Crippen LogP contribution in [0.5, 0.6) is 5.75 Å². The van der Waals surface area contributed by atoms with Crippen molar-refractivity contribution in [2.75, 3.05) is 11.5 Å². The summed E-state index contributed by atoms with van der Waals surface area (Å²) in [5.74, 6) is 0.524. The van der Waals surface area contributed by atoms with Crippen LogP contribution in [0.1, 0.15) is 5.56 Å². The number of hydrogen-bond donors (Lipinski definition) is 0. The summed E-state index contributed by atoms with van der Waals surface area (Å²) in [7, 11) is 0. The van der Waals surface area contributed by atoms with E-state index >= 15 is 0 Å². The van der Waals surface area contributed by atoms with Gasteiger partial charge in [0.15, 0.2) is 6.61 Å². The van der Waals surface area contributed by atoms with Gasteiger partial charge in [-0.1, -0.05) is 45.2 Å². The molecule has 1 aliphatic heterocycles. The number of benzene rings is 2. The molecule has 0 spiro atoms. The highest BCUT2D eigenvalue weighted by atomic mass is 79.9. The number of rotatable bonds is 2. The minimum Gasteiger partial charge on any atom is -0.482 e. The van der Waals surface area contributed by atoms with Crippen LogP contribution in [0.4, 0.5) is 5.69 Å². The number of carbonyl (C=O) groups excluding carboxylic acids is 1. The average Bonchev–Trinajstić information content (AvgIpc) is 2.44. The minimum absolute atomic E-state index is 0.0166. The third-order valence-corrected chi connectivity index (χ3v) is 4.29. The van der Waals surface area contributed by atoms with E-state index in [1.54, 1.807) is 29.2 Å². The molecule has 0 N–H and O–H groups in total. The first-order valence-corrected chi connectivity index (χ1v) is 7.76. The molecule has 0 unspecified atom stereocenters. The average molecular weight is 387 g/mol. The van der Waals surface area contributed by atoms with Gasteiger partial charge in [-0.15, -0.1) is 0 Å². The first-order valence-electron chi connectivity index (χ1n) is 6.21. The first-order chi connectivity index (χ1) is 10.0. The molecule has 108 valence electrons. The van der Waals surface area contributed by atoms with E-state index in [9.17, 15) is 4.79 Å². The van der Waals surface area contributed by atoms with Crippen molar-refractivity contribution in [3.63, 3.8) is 0 Å². The summed E-state index contributed by atoms with van der Waals surface area (Å²) in [6.45, 7) is 0.393. The van der Waals surface area contributed by atoms with Gasteiger partial charge in [0, 0.05) is 14.5 Å². The quantitative estimate of drug-likeness (QED) is 0.749. The van der Waals surface area contributed by atoms with E-state index in [2.05, 4.69) is 15.9 Å². The van der Waals surface area contributed by atoms with Crippen molar-refractivity contribution in [3.05, 3.63) is 56.5 Å². The molecule has 21 heavy (non-hydrogen) atoms. The second-order valence-corrected chi connectivity index (χ2v) is 6.38. The van der Waals surface area contributed by atoms with Crippen molar-refractivity contribution in [2.45, 2.75) is 6.54 Å². The molecule has 0 saturated carbocycles. The molecule has 0 saturated heterocycles. The Bertz CT molecular complexity index is 721. The Labute approximate surface area is 140 Å². The van der Waals surface area contributed by atoms with E-state index in [1.807, 2.05) is 12.1 Å². The Morgan fingerprint density at radius 2 is 2.00 bits per heavy atom. The fraction of sp³-hybridized carbons (Fsp3) is 0.133. The lowest BCUT2D eigenvalue weighted by Gasteiger charge is -2.29. The Balaban J connectivity index is 1.98. The maximum Gasteiger partial charge on any atom is 0.265 e. The Hall–Kier alpha value is -1.23. The highest BCUT2D eigenvalue weighted by Gasteiger charge is 2.26. The molecule has 3 rings (SSSR count). The van der Waals surface area contributed by atoms with Crippen LogP contribution in [-0.2, 0) is 11.3 Å². The molecule has 0 fully saturated rings. The van der Waals surface area contributed by atoms with Gasteiger partial charge in [-0.25, -0.2) is 0 Å². The Morgan fingerprint density at radius 3 is 2.76 bits per heavy atom. The number of halogens is 3. The van der Waals surface area contributed by atoms with Gasteiger partial charge in [0.1, 0.15) is 5.75 Å². The molecule has 2 aromatic carbocycles. The fourth-order valence-corrected chi connectivity index (χ4v) is 3.07. The van der Waals surface area contributed by atoms with Crippen molar-refractivity contribution in [1.82, 2.24) is 0 Å². The van der Waals surface area contributed by atoms with E-state index in [0.717, 1.165) is 10.0 Å². The smallest absolute Gasteiger partial charge is 0.265 e. The molecule has 0 bridgehead atoms. The molecule has 0 atom stereocenters. The Morgan fingerprint density at radius 1 is 1.19 bits per heavy atom. The van der Waals surface area contributed by atoms with Gasteiger partial charge in [-0.05, 0) is 35.9 Å². The predicted molar refractivity (Wildman–Crippen MR) is 87.3 cm³/mol. The lowest BCUT2D eigenvalue weighted by atomic mass is 10.1. The normalized spacial score (nSPS) is 13.9. The van der Waals surface area contributed by atoms with E-state index < -0.39 is 0 Å². The molecular formula is C15H10BrCl2NO2. The number of carbonyl (C=O) groups is 1. The van der Waals surface area contributed by atoms with Crippen LogP contribution in [0.3, 0.4) is 0 Å². The summed E-state index contributed by atoms with van der Waals surface area (Å²) in [6, 6.07) is 10.8. The standard InChI is InChI=1S/C15H10BrCl2NO2/c16-10-2-1-9(12(18)5-10)7-19-13-6-11(17)3-4-14(13)21-8-15(19)20/h1-6H,7-8H2. The van der Waals surface area contributed by atoms with Gasteiger partial charge < -0.3 is 9.64 Å². The summed E-state index contributed by atoms with van der Waals surface area (Å²) in [5, 5.41) is 1.16. The van der Waals surface area contributed by atoms with Gasteiger partial charge in [0.05, 0.1) is 12.2 Å². The zero-order valence-electron chi connectivity index (χ0n) is 10.8. The number of anilines is 1. The lowest BCUT2D eigenvalue weighted by Crippen LogP contribution is -2.38. The molecule has 2 aromatic rings. The summed E-state index contributed by atoms with van der Waals surface area (Å²) < 4.78 is 6.31. The number of amides is 1. The maximum atomic E-state index is 12.2. The second-order valence-electron chi connectivity index (χ2n) is 4.62. The van der Waals surface area contributed by atoms with E-state index in [4.69, 9.17) is 27.9 Å². The van der Waals surface area contributed by atoms with Crippen molar-refractivity contribution in [1.29, 1.82) is 0 Å². The largest absolute Gasteiger partial charge is 0.482 e. The van der Waals surface area contributed by atoms with Crippen molar-refractivity contribution >= 4 is 50.7 Å². The maximum absolute atomic E-state index is 12.2. The zero-order chi connectivity index (χ0) is 15.0. The van der Waals surface area contributed by atoms with E-state index in [-0.39, 0.29) is 12.5 Å². The number of ether oxygens (including phenoxy) is 1. The molecule has 1 aliphatic rings. The van der Waals surface area contributed by atoms with Crippen LogP contribution >= 0.6 is 39.1 Å². The van der Waals surface area contributed by atoms with Crippen LogP contribution in [0.15, 0.2) is 40.9 Å². The second kappa shape index (κ2) is 5.87. The first kappa shape index (κ1) is 14.7. The minimum atomic E-state index is -0.122. The molecule has 1 heterocycles. The van der Waals surface area contributed by atoms with Gasteiger partial charge in [-0.2, -0.15) is 0 Å². The molecule has 0 aliphatic carbocycles. The number of hydrogen-bond acceptors (Lipinski definition) is 2. The van der Waals surface area contributed by atoms with Crippen LogP contribution in [-0.4, -0.2) is 12.5 Å². The van der Waals surface area contributed by atoms with Gasteiger partial charge >= 0.3 is 0 Å². The highest BCUT2D eigenvalue weighted by molar-refractivity contribution is 9.10. The molecule has 6 heteroatoms. The zero-order valence-corrected chi connectivity index (χ0v) is 13.9. The van der Waals surface area contributed by atoms with E-state index in [1.165, 1.54) is 0 Å². The third kappa shape index (κ3) is 3.03. The molecule has 0 radical (unpaired) electrons. The molecule has 1 amide bonds. The number of nitrogens with zero attached hydrogens (tertiary/aromatic N) is 1. The molecule has 0 aromatic heterocycles. The van der Waals surface area contributed by atoms with Crippen molar-refractivity contribution in [2.24, 2.45) is 0 Å². The Kier molecular flexibility index (Phi) is 4.11. The van der Waals surface area contributed by atoms with Crippen LogP contribution in [0, 0.1) is 0 Å². The van der Waals surface area contributed by atoms with Gasteiger partial charge in [-0.3, -0.25) is 4.79 Å². The van der Waals surface area contributed by atoms with Gasteiger partial charge in [0.2, 0.25) is 0 Å². The van der Waals surface area contributed by atoms with Crippen LogP contribution in [0.2, 0.25) is 10.0 Å².